The van der Waals surface area contributed by atoms with Crippen LogP contribution in [0.1, 0.15) is 50.5 Å². The van der Waals surface area contributed by atoms with E-state index in [2.05, 4.69) is 18.6 Å². The number of rotatable bonds is 8. The maximum Gasteiger partial charge on any atom is 0.219 e. The molecule has 0 aliphatic heterocycles. The van der Waals surface area contributed by atoms with Crippen LogP contribution in [0.25, 0.3) is 0 Å². The zero-order valence-corrected chi connectivity index (χ0v) is 15.4. The molecule has 0 bridgehead atoms. The number of nitrogens with one attached hydrogen (secondary N) is 1. The lowest BCUT2D eigenvalue weighted by Crippen LogP contribution is -2.45. The van der Waals surface area contributed by atoms with E-state index in [4.69, 9.17) is 0 Å². The first-order chi connectivity index (χ1) is 10.2. The minimum atomic E-state index is -3.40. The highest BCUT2D eigenvalue weighted by Crippen LogP contribution is 2.22. The molecule has 1 aromatic carbocycles. The second-order valence-electron chi connectivity index (χ2n) is 6.53. The van der Waals surface area contributed by atoms with E-state index in [9.17, 15) is 8.42 Å². The Morgan fingerprint density at radius 3 is 2.05 bits per heavy atom. The van der Waals surface area contributed by atoms with Crippen LogP contribution in [0, 0.1) is 5.92 Å². The normalized spacial score (nSPS) is 15.3. The first kappa shape index (κ1) is 19.1. The van der Waals surface area contributed by atoms with E-state index in [0.717, 1.165) is 18.4 Å². The lowest BCUT2D eigenvalue weighted by atomic mass is 10.0. The first-order valence-electron chi connectivity index (χ1n) is 7.93. The minimum Gasteiger partial charge on any atom is -0.293 e. The van der Waals surface area contributed by atoms with Crippen molar-refractivity contribution < 1.29 is 8.42 Å². The molecule has 2 unspecified atom stereocenters. The molecule has 0 saturated carbocycles. The van der Waals surface area contributed by atoms with Gasteiger partial charge in [0.05, 0.1) is 11.4 Å². The number of hydrogen-bond acceptors (Lipinski definition) is 3. The van der Waals surface area contributed by atoms with Gasteiger partial charge >= 0.3 is 0 Å². The maximum atomic E-state index is 12.5. The van der Waals surface area contributed by atoms with E-state index < -0.39 is 15.3 Å². The summed E-state index contributed by atoms with van der Waals surface area (Å²) in [6.45, 7) is 8.06. The fraction of sp³-hybridized carbons (Fsp3) is 0.647. The van der Waals surface area contributed by atoms with Gasteiger partial charge in [0, 0.05) is 0 Å². The van der Waals surface area contributed by atoms with Crippen LogP contribution in [0.15, 0.2) is 24.3 Å². The molecule has 126 valence electrons. The summed E-state index contributed by atoms with van der Waals surface area (Å²) in [4.78, 5) is 1.88. The van der Waals surface area contributed by atoms with Gasteiger partial charge in [-0.1, -0.05) is 45.0 Å². The zero-order valence-electron chi connectivity index (χ0n) is 14.6. The van der Waals surface area contributed by atoms with Crippen molar-refractivity contribution in [1.29, 1.82) is 0 Å². The number of benzene rings is 1. The summed E-state index contributed by atoms with van der Waals surface area (Å²) in [5, 5.41) is -0.561. The zero-order chi connectivity index (χ0) is 16.9. The molecular weight excluding hydrogens is 296 g/mol. The number of hydrogen-bond donors (Lipinski definition) is 1. The molecule has 0 aliphatic carbocycles. The first-order valence-corrected chi connectivity index (χ1v) is 9.48. The van der Waals surface area contributed by atoms with Gasteiger partial charge in [0.1, 0.15) is 0 Å². The van der Waals surface area contributed by atoms with Gasteiger partial charge in [-0.15, -0.1) is 0 Å². The molecule has 0 saturated heterocycles. The average Bonchev–Trinajstić information content (AvgIpc) is 2.44. The molecule has 0 spiro atoms. The Labute approximate surface area is 136 Å². The van der Waals surface area contributed by atoms with Crippen molar-refractivity contribution in [2.24, 2.45) is 5.92 Å². The van der Waals surface area contributed by atoms with Crippen molar-refractivity contribution in [2.75, 3.05) is 14.1 Å². The Balaban J connectivity index is 2.87. The third-order valence-corrected chi connectivity index (χ3v) is 5.67. The molecule has 4 nitrogen and oxygen atoms in total. The summed E-state index contributed by atoms with van der Waals surface area (Å²) in [7, 11) is 0.357. The van der Waals surface area contributed by atoms with E-state index in [-0.39, 0.29) is 6.17 Å². The molecule has 22 heavy (non-hydrogen) atoms. The van der Waals surface area contributed by atoms with Gasteiger partial charge in [-0.2, -0.15) is 4.72 Å². The maximum absolute atomic E-state index is 12.5. The van der Waals surface area contributed by atoms with Gasteiger partial charge in [0.25, 0.3) is 0 Å². The topological polar surface area (TPSA) is 49.4 Å². The Morgan fingerprint density at radius 1 is 1.09 bits per heavy atom. The van der Waals surface area contributed by atoms with Gasteiger partial charge in [0.15, 0.2) is 0 Å². The van der Waals surface area contributed by atoms with Gasteiger partial charge in [0.2, 0.25) is 10.0 Å². The van der Waals surface area contributed by atoms with E-state index in [1.807, 2.05) is 50.2 Å². The van der Waals surface area contributed by atoms with Gasteiger partial charge < -0.3 is 0 Å². The van der Waals surface area contributed by atoms with Gasteiger partial charge in [-0.25, -0.2) is 8.42 Å². The van der Waals surface area contributed by atoms with Crippen LogP contribution in [0.3, 0.4) is 0 Å². The summed E-state index contributed by atoms with van der Waals surface area (Å²) < 4.78 is 27.8. The standard InChI is InChI=1S/C17H30N2O2S/c1-7-17(19(5)6)18-22(20,21)14(4)16-10-8-15(9-11-16)12-13(2)3/h8-11,13-14,17-18H,7,12H2,1-6H3. The lowest BCUT2D eigenvalue weighted by Gasteiger charge is -2.26. The van der Waals surface area contributed by atoms with Crippen molar-refractivity contribution in [3.63, 3.8) is 0 Å². The van der Waals surface area contributed by atoms with Crippen molar-refractivity contribution in [3.8, 4) is 0 Å². The average molecular weight is 327 g/mol. The highest BCUT2D eigenvalue weighted by atomic mass is 32.2. The molecule has 0 fully saturated rings. The second kappa shape index (κ2) is 8.09. The molecule has 1 aromatic rings. The van der Waals surface area contributed by atoms with E-state index in [1.54, 1.807) is 6.92 Å². The van der Waals surface area contributed by atoms with Crippen LogP contribution >= 0.6 is 0 Å². The quantitative estimate of drug-likeness (QED) is 0.747. The highest BCUT2D eigenvalue weighted by molar-refractivity contribution is 7.89. The number of nitrogens with zero attached hydrogens (tertiary/aromatic N) is 1. The summed E-state index contributed by atoms with van der Waals surface area (Å²) >= 11 is 0. The van der Waals surface area contributed by atoms with Crippen LogP contribution in [0.5, 0.6) is 0 Å². The van der Waals surface area contributed by atoms with E-state index in [1.165, 1.54) is 5.56 Å². The fourth-order valence-corrected chi connectivity index (χ4v) is 3.90. The predicted octanol–water partition coefficient (Wildman–Crippen LogP) is 3.16. The SMILES string of the molecule is CCC(NS(=O)(=O)C(C)c1ccc(CC(C)C)cc1)N(C)C. The molecule has 0 aliphatic rings. The minimum absolute atomic E-state index is 0.173. The largest absolute Gasteiger partial charge is 0.293 e. The van der Waals surface area contributed by atoms with Gasteiger partial charge in [-0.3, -0.25) is 4.90 Å². The Kier molecular flexibility index (Phi) is 7.03. The van der Waals surface area contributed by atoms with Gasteiger partial charge in [-0.05, 0) is 50.9 Å². The van der Waals surface area contributed by atoms with Crippen LogP contribution in [-0.4, -0.2) is 33.6 Å². The smallest absolute Gasteiger partial charge is 0.219 e. The third-order valence-electron chi connectivity index (χ3n) is 3.87. The summed E-state index contributed by atoms with van der Waals surface area (Å²) in [6.07, 6.45) is 1.57. The third kappa shape index (κ3) is 5.38. The highest BCUT2D eigenvalue weighted by Gasteiger charge is 2.26. The molecule has 0 radical (unpaired) electrons. The molecule has 2 atom stereocenters. The molecule has 0 aromatic heterocycles. The summed E-state index contributed by atoms with van der Waals surface area (Å²) in [5.41, 5.74) is 2.07. The van der Waals surface area contributed by atoms with Crippen molar-refractivity contribution in [1.82, 2.24) is 9.62 Å². The van der Waals surface area contributed by atoms with Crippen LogP contribution in [0.4, 0.5) is 0 Å². The Morgan fingerprint density at radius 2 is 1.64 bits per heavy atom. The lowest BCUT2D eigenvalue weighted by molar-refractivity contribution is 0.270. The molecular formula is C17H30N2O2S. The molecule has 1 rings (SSSR count). The van der Waals surface area contributed by atoms with Crippen LogP contribution in [-0.2, 0) is 16.4 Å². The Bertz CT molecular complexity index is 551. The van der Waals surface area contributed by atoms with E-state index >= 15 is 0 Å². The van der Waals surface area contributed by atoms with Crippen molar-refractivity contribution in [3.05, 3.63) is 35.4 Å². The van der Waals surface area contributed by atoms with Crippen LogP contribution in [0.2, 0.25) is 0 Å². The van der Waals surface area contributed by atoms with E-state index in [0.29, 0.717) is 5.92 Å². The summed E-state index contributed by atoms with van der Waals surface area (Å²) in [5.74, 6) is 0.596. The molecule has 0 heterocycles. The monoisotopic (exact) mass is 326 g/mol. The van der Waals surface area contributed by atoms with Crippen molar-refractivity contribution >= 4 is 10.0 Å². The Hall–Kier alpha value is -0.910. The number of sulfonamides is 1. The van der Waals surface area contributed by atoms with Crippen molar-refractivity contribution in [2.45, 2.75) is 52.0 Å². The molecule has 1 N–H and O–H groups in total. The predicted molar refractivity (Wildman–Crippen MR) is 93.2 cm³/mol. The molecule has 5 heteroatoms. The summed E-state index contributed by atoms with van der Waals surface area (Å²) in [6, 6.07) is 7.92. The van der Waals surface area contributed by atoms with Crippen LogP contribution < -0.4 is 4.72 Å². The molecule has 0 amide bonds. The fourth-order valence-electron chi connectivity index (χ4n) is 2.42. The second-order valence-corrected chi connectivity index (χ2v) is 8.57.